The summed E-state index contributed by atoms with van der Waals surface area (Å²) in [6.07, 6.45) is 7.35. The maximum atomic E-state index is 11.9. The van der Waals surface area contributed by atoms with Crippen molar-refractivity contribution in [1.29, 1.82) is 0 Å². The van der Waals surface area contributed by atoms with E-state index in [-0.39, 0.29) is 12.3 Å². The van der Waals surface area contributed by atoms with E-state index in [9.17, 15) is 4.79 Å². The fourth-order valence-corrected chi connectivity index (χ4v) is 3.14. The lowest BCUT2D eigenvalue weighted by molar-refractivity contribution is -0.120. The topological polar surface area (TPSA) is 71.7 Å². The minimum absolute atomic E-state index is 0.195. The lowest BCUT2D eigenvalue weighted by Crippen LogP contribution is -2.19. The van der Waals surface area contributed by atoms with Gasteiger partial charge in [-0.2, -0.15) is 5.10 Å². The zero-order chi connectivity index (χ0) is 16.4. The first-order valence-electron chi connectivity index (χ1n) is 7.36. The molecule has 0 radical (unpaired) electrons. The fraction of sp³-hybridized carbons (Fsp3) is 0.0588. The summed E-state index contributed by atoms with van der Waals surface area (Å²) in [6, 6.07) is 9.69. The number of amides is 1. The van der Waals surface area contributed by atoms with Crippen LogP contribution in [0.2, 0.25) is 0 Å². The molecule has 3 heterocycles. The molecule has 3 aromatic heterocycles. The second-order valence-corrected chi connectivity index (χ2v) is 6.12. The predicted octanol–water partition coefficient (Wildman–Crippen LogP) is 2.64. The Hall–Kier alpha value is -3.06. The van der Waals surface area contributed by atoms with Gasteiger partial charge in [-0.25, -0.2) is 10.4 Å². The molecule has 0 atom stereocenters. The van der Waals surface area contributed by atoms with Gasteiger partial charge in [0.2, 0.25) is 5.91 Å². The number of nitrogens with one attached hydrogen (secondary N) is 1. The van der Waals surface area contributed by atoms with Gasteiger partial charge in [-0.1, -0.05) is 12.1 Å². The Kier molecular flexibility index (Phi) is 3.76. The van der Waals surface area contributed by atoms with Crippen molar-refractivity contribution in [1.82, 2.24) is 19.8 Å². The van der Waals surface area contributed by atoms with Crippen LogP contribution < -0.4 is 5.43 Å². The smallest absolute Gasteiger partial charge is 0.246 e. The van der Waals surface area contributed by atoms with Crippen LogP contribution >= 0.6 is 11.3 Å². The van der Waals surface area contributed by atoms with Crippen LogP contribution in [-0.4, -0.2) is 26.5 Å². The minimum Gasteiger partial charge on any atom is -0.297 e. The normalized spacial score (nSPS) is 11.5. The molecule has 0 saturated heterocycles. The Bertz CT molecular complexity index is 1020. The number of pyridine rings is 1. The van der Waals surface area contributed by atoms with E-state index in [1.165, 1.54) is 11.3 Å². The van der Waals surface area contributed by atoms with E-state index in [4.69, 9.17) is 0 Å². The Labute approximate surface area is 141 Å². The fourth-order valence-electron chi connectivity index (χ4n) is 2.42. The maximum Gasteiger partial charge on any atom is 0.246 e. The zero-order valence-electron chi connectivity index (χ0n) is 12.6. The number of hydrogen-bond donors (Lipinski definition) is 1. The molecule has 24 heavy (non-hydrogen) atoms. The third-order valence-electron chi connectivity index (χ3n) is 3.51. The van der Waals surface area contributed by atoms with Gasteiger partial charge in [-0.15, -0.1) is 11.3 Å². The van der Waals surface area contributed by atoms with E-state index in [0.29, 0.717) is 0 Å². The Morgan fingerprint density at radius 2 is 2.33 bits per heavy atom. The standard InChI is InChI=1S/C17H13N5OS/c23-16(9-14-11-22-6-7-24-17(22)20-14)21-19-10-12-3-4-15-13(8-12)2-1-5-18-15/h1-8,10-11H,9H2,(H,21,23)/b19-10-. The molecule has 0 fully saturated rings. The van der Waals surface area contributed by atoms with Crippen molar-refractivity contribution in [3.8, 4) is 0 Å². The van der Waals surface area contributed by atoms with Crippen LogP contribution in [-0.2, 0) is 11.2 Å². The Morgan fingerprint density at radius 3 is 3.25 bits per heavy atom. The van der Waals surface area contributed by atoms with Gasteiger partial charge in [0.1, 0.15) is 0 Å². The van der Waals surface area contributed by atoms with E-state index in [0.717, 1.165) is 27.1 Å². The largest absolute Gasteiger partial charge is 0.297 e. The highest BCUT2D eigenvalue weighted by Crippen LogP contribution is 2.12. The molecule has 0 spiro atoms. The summed E-state index contributed by atoms with van der Waals surface area (Å²) in [5.41, 5.74) is 5.09. The number of benzene rings is 1. The average Bonchev–Trinajstić information content (AvgIpc) is 3.16. The molecule has 4 rings (SSSR count). The van der Waals surface area contributed by atoms with Crippen LogP contribution in [0.25, 0.3) is 15.9 Å². The van der Waals surface area contributed by atoms with Gasteiger partial charge in [-0.05, 0) is 23.8 Å². The molecule has 1 N–H and O–H groups in total. The van der Waals surface area contributed by atoms with Gasteiger partial charge in [0.25, 0.3) is 0 Å². The van der Waals surface area contributed by atoms with Crippen molar-refractivity contribution in [2.45, 2.75) is 6.42 Å². The number of thiazole rings is 1. The number of carbonyl (C=O) groups is 1. The van der Waals surface area contributed by atoms with Crippen LogP contribution in [0.15, 0.2) is 59.4 Å². The summed E-state index contributed by atoms with van der Waals surface area (Å²) in [4.78, 5) is 21.5. The molecule has 1 aromatic carbocycles. The number of carbonyl (C=O) groups excluding carboxylic acids is 1. The summed E-state index contributed by atoms with van der Waals surface area (Å²) in [6.45, 7) is 0. The lowest BCUT2D eigenvalue weighted by Gasteiger charge is -1.99. The molecule has 0 bridgehead atoms. The van der Waals surface area contributed by atoms with Crippen molar-refractivity contribution in [2.75, 3.05) is 0 Å². The van der Waals surface area contributed by atoms with Crippen molar-refractivity contribution in [2.24, 2.45) is 5.10 Å². The summed E-state index contributed by atoms with van der Waals surface area (Å²) >= 11 is 1.54. The summed E-state index contributed by atoms with van der Waals surface area (Å²) in [5, 5.41) is 7.00. The molecular weight excluding hydrogens is 322 g/mol. The number of nitrogens with zero attached hydrogens (tertiary/aromatic N) is 4. The molecule has 1 amide bonds. The van der Waals surface area contributed by atoms with Gasteiger partial charge in [0.05, 0.1) is 23.8 Å². The number of hydrazone groups is 1. The van der Waals surface area contributed by atoms with Gasteiger partial charge in [-0.3, -0.25) is 14.2 Å². The first-order valence-corrected chi connectivity index (χ1v) is 8.24. The van der Waals surface area contributed by atoms with Gasteiger partial charge in [0.15, 0.2) is 4.96 Å². The van der Waals surface area contributed by atoms with Gasteiger partial charge in [0, 0.05) is 29.4 Å². The zero-order valence-corrected chi connectivity index (χ0v) is 13.4. The molecule has 0 saturated carbocycles. The Balaban J connectivity index is 1.40. The Morgan fingerprint density at radius 1 is 1.38 bits per heavy atom. The first kappa shape index (κ1) is 14.5. The third-order valence-corrected chi connectivity index (χ3v) is 4.29. The number of fused-ring (bicyclic) bond motifs is 2. The highest BCUT2D eigenvalue weighted by Gasteiger charge is 2.07. The highest BCUT2D eigenvalue weighted by atomic mass is 32.1. The molecule has 0 aliphatic heterocycles. The monoisotopic (exact) mass is 335 g/mol. The van der Waals surface area contributed by atoms with E-state index in [1.807, 2.05) is 52.5 Å². The molecular formula is C17H13N5OS. The lowest BCUT2D eigenvalue weighted by atomic mass is 10.1. The summed E-state index contributed by atoms with van der Waals surface area (Å²) < 4.78 is 1.90. The third kappa shape index (κ3) is 3.02. The number of rotatable bonds is 4. The maximum absolute atomic E-state index is 11.9. The summed E-state index contributed by atoms with van der Waals surface area (Å²) in [5.74, 6) is -0.195. The number of hydrogen-bond acceptors (Lipinski definition) is 5. The second-order valence-electron chi connectivity index (χ2n) is 5.25. The van der Waals surface area contributed by atoms with Crippen LogP contribution in [0.1, 0.15) is 11.3 Å². The van der Waals surface area contributed by atoms with Crippen molar-refractivity contribution in [3.63, 3.8) is 0 Å². The molecule has 0 unspecified atom stereocenters. The SMILES string of the molecule is O=C(Cc1cn2ccsc2n1)N/N=C\c1ccc2ncccc2c1. The van der Waals surface area contributed by atoms with Crippen molar-refractivity contribution < 1.29 is 4.79 Å². The molecule has 0 aliphatic rings. The van der Waals surface area contributed by atoms with E-state index < -0.39 is 0 Å². The number of imidazole rings is 1. The van der Waals surface area contributed by atoms with E-state index in [1.54, 1.807) is 12.4 Å². The molecule has 0 aliphatic carbocycles. The molecule has 7 heteroatoms. The highest BCUT2D eigenvalue weighted by molar-refractivity contribution is 7.15. The van der Waals surface area contributed by atoms with Crippen LogP contribution in [0, 0.1) is 0 Å². The van der Waals surface area contributed by atoms with Crippen LogP contribution in [0.3, 0.4) is 0 Å². The minimum atomic E-state index is -0.195. The van der Waals surface area contributed by atoms with Gasteiger partial charge < -0.3 is 0 Å². The van der Waals surface area contributed by atoms with Gasteiger partial charge >= 0.3 is 0 Å². The van der Waals surface area contributed by atoms with E-state index >= 15 is 0 Å². The number of aromatic nitrogens is 3. The predicted molar refractivity (Wildman–Crippen MR) is 94.3 cm³/mol. The average molecular weight is 335 g/mol. The second kappa shape index (κ2) is 6.21. The van der Waals surface area contributed by atoms with E-state index in [2.05, 4.69) is 20.5 Å². The van der Waals surface area contributed by atoms with Crippen molar-refractivity contribution >= 4 is 39.3 Å². The molecule has 6 nitrogen and oxygen atoms in total. The molecule has 4 aromatic rings. The van der Waals surface area contributed by atoms with Crippen LogP contribution in [0.4, 0.5) is 0 Å². The quantitative estimate of drug-likeness (QED) is 0.460. The van der Waals surface area contributed by atoms with Crippen LogP contribution in [0.5, 0.6) is 0 Å². The molecule has 118 valence electrons. The van der Waals surface area contributed by atoms with Crippen molar-refractivity contribution in [3.05, 3.63) is 65.6 Å². The summed E-state index contributed by atoms with van der Waals surface area (Å²) in [7, 11) is 0. The first-order chi connectivity index (χ1) is 11.8.